The third kappa shape index (κ3) is 2.41. The van der Waals surface area contributed by atoms with Gasteiger partial charge in [-0.05, 0) is 36.7 Å². The van der Waals surface area contributed by atoms with Crippen molar-refractivity contribution in [3.8, 4) is 0 Å². The van der Waals surface area contributed by atoms with Gasteiger partial charge in [-0.3, -0.25) is 0 Å². The molecule has 0 spiro atoms. The lowest BCUT2D eigenvalue weighted by Crippen LogP contribution is -2.46. The van der Waals surface area contributed by atoms with Gasteiger partial charge < -0.3 is 9.22 Å². The van der Waals surface area contributed by atoms with Crippen LogP contribution in [0.2, 0.25) is 0 Å². The zero-order valence-corrected chi connectivity index (χ0v) is 13.7. The molecule has 0 unspecified atom stereocenters. The maximum atomic E-state index is 12.2. The average molecular weight is 280 g/mol. The Labute approximate surface area is 123 Å². The first-order chi connectivity index (χ1) is 9.12. The van der Waals surface area contributed by atoms with Crippen molar-refractivity contribution in [2.75, 3.05) is 27.2 Å². The fourth-order valence-corrected chi connectivity index (χ4v) is 4.27. The third-order valence-corrected chi connectivity index (χ3v) is 6.17. The number of esters is 1. The van der Waals surface area contributed by atoms with Crippen molar-refractivity contribution < 1.29 is 14.0 Å². The molecule has 3 atom stereocenters. The molecule has 0 aromatic carbocycles. The van der Waals surface area contributed by atoms with E-state index in [2.05, 4.69) is 27.4 Å². The van der Waals surface area contributed by atoms with Gasteiger partial charge in [0.2, 0.25) is 0 Å². The summed E-state index contributed by atoms with van der Waals surface area (Å²) >= 11 is 0. The summed E-state index contributed by atoms with van der Waals surface area (Å²) in [6, 6.07) is 0. The van der Waals surface area contributed by atoms with E-state index < -0.39 is 0 Å². The van der Waals surface area contributed by atoms with Crippen molar-refractivity contribution in [1.82, 2.24) is 0 Å². The van der Waals surface area contributed by atoms with Gasteiger partial charge in [-0.15, -0.1) is 0 Å². The molecule has 0 aliphatic heterocycles. The van der Waals surface area contributed by atoms with Crippen LogP contribution in [-0.2, 0) is 9.53 Å². The number of hydrogen-bond donors (Lipinski definition) is 0. The minimum atomic E-state index is -0.0635. The number of fused-ring (bicyclic) bond motifs is 2. The minimum Gasteiger partial charge on any atom is -0.458 e. The highest BCUT2D eigenvalue weighted by atomic mass is 16.5. The highest BCUT2D eigenvalue weighted by molar-refractivity contribution is 5.71. The SMILES string of the molecule is C=CC[N+](C)(C)CC(=O)O[C@H]1C[C@H]2CC[C@@]1(C)C2(C)C. The lowest BCUT2D eigenvalue weighted by molar-refractivity contribution is -0.877. The van der Waals surface area contributed by atoms with E-state index in [1.165, 1.54) is 12.8 Å². The van der Waals surface area contributed by atoms with Crippen LogP contribution >= 0.6 is 0 Å². The van der Waals surface area contributed by atoms with E-state index in [4.69, 9.17) is 4.74 Å². The minimum absolute atomic E-state index is 0.0635. The number of ether oxygens (including phenoxy) is 1. The molecule has 2 fully saturated rings. The molecule has 2 saturated carbocycles. The van der Waals surface area contributed by atoms with E-state index in [1.807, 2.05) is 20.2 Å². The Balaban J connectivity index is 1.99. The highest BCUT2D eigenvalue weighted by Crippen LogP contribution is 2.66. The Kier molecular flexibility index (Phi) is 3.79. The van der Waals surface area contributed by atoms with Crippen molar-refractivity contribution in [2.24, 2.45) is 16.7 Å². The molecule has 0 heterocycles. The fourth-order valence-electron chi connectivity index (χ4n) is 4.27. The molecule has 0 aromatic heterocycles. The Bertz CT molecular complexity index is 413. The summed E-state index contributed by atoms with van der Waals surface area (Å²) in [4.78, 5) is 12.2. The van der Waals surface area contributed by atoms with Crippen molar-refractivity contribution in [1.29, 1.82) is 0 Å². The van der Waals surface area contributed by atoms with Crippen molar-refractivity contribution in [2.45, 2.75) is 46.1 Å². The second kappa shape index (κ2) is 4.87. The number of hydrogen-bond acceptors (Lipinski definition) is 2. The number of carbonyl (C=O) groups is 1. The monoisotopic (exact) mass is 280 g/mol. The molecule has 2 aliphatic rings. The van der Waals surface area contributed by atoms with Crippen LogP contribution in [0.3, 0.4) is 0 Å². The second-order valence-corrected chi connectivity index (χ2v) is 8.15. The second-order valence-electron chi connectivity index (χ2n) is 8.15. The molecule has 3 heteroatoms. The van der Waals surface area contributed by atoms with E-state index in [-0.39, 0.29) is 17.5 Å². The first kappa shape index (κ1) is 15.6. The molecule has 2 rings (SSSR count). The van der Waals surface area contributed by atoms with Gasteiger partial charge in [0, 0.05) is 5.41 Å². The van der Waals surface area contributed by atoms with Gasteiger partial charge >= 0.3 is 5.97 Å². The van der Waals surface area contributed by atoms with E-state index in [0.29, 0.717) is 22.4 Å². The smallest absolute Gasteiger partial charge is 0.362 e. The van der Waals surface area contributed by atoms with Crippen molar-refractivity contribution in [3.63, 3.8) is 0 Å². The largest absolute Gasteiger partial charge is 0.458 e. The van der Waals surface area contributed by atoms with E-state index in [1.54, 1.807) is 0 Å². The quantitative estimate of drug-likeness (QED) is 0.439. The topological polar surface area (TPSA) is 26.3 Å². The van der Waals surface area contributed by atoms with Gasteiger partial charge in [-0.2, -0.15) is 0 Å². The molecule has 0 aromatic rings. The van der Waals surface area contributed by atoms with Gasteiger partial charge in [-0.1, -0.05) is 27.4 Å². The molecule has 0 radical (unpaired) electrons. The first-order valence-corrected chi connectivity index (χ1v) is 7.75. The van der Waals surface area contributed by atoms with Crippen LogP contribution in [0.5, 0.6) is 0 Å². The van der Waals surface area contributed by atoms with Crippen LogP contribution in [0.25, 0.3) is 0 Å². The van der Waals surface area contributed by atoms with Crippen LogP contribution in [0.4, 0.5) is 0 Å². The molecule has 2 bridgehead atoms. The van der Waals surface area contributed by atoms with Crippen LogP contribution in [-0.4, -0.2) is 43.7 Å². The Hall–Kier alpha value is -0.830. The molecule has 2 aliphatic carbocycles. The van der Waals surface area contributed by atoms with Crippen LogP contribution in [0.15, 0.2) is 12.7 Å². The van der Waals surface area contributed by atoms with Crippen molar-refractivity contribution >= 4 is 5.97 Å². The molecule has 3 nitrogen and oxygen atoms in total. The lowest BCUT2D eigenvalue weighted by Gasteiger charge is -2.38. The van der Waals surface area contributed by atoms with E-state index in [9.17, 15) is 4.79 Å². The summed E-state index contributed by atoms with van der Waals surface area (Å²) in [6.45, 7) is 11.9. The van der Waals surface area contributed by atoms with E-state index >= 15 is 0 Å². The predicted octanol–water partition coefficient (Wildman–Crippen LogP) is 3.01. The molecular weight excluding hydrogens is 250 g/mol. The van der Waals surface area contributed by atoms with E-state index in [0.717, 1.165) is 13.0 Å². The highest BCUT2D eigenvalue weighted by Gasteiger charge is 2.62. The average Bonchev–Trinajstić information content (AvgIpc) is 2.60. The number of likely N-dealkylation sites (N-methyl/N-ethyl adjacent to an activating group) is 1. The first-order valence-electron chi connectivity index (χ1n) is 7.75. The van der Waals surface area contributed by atoms with Gasteiger partial charge in [-0.25, -0.2) is 4.79 Å². The number of nitrogens with zero attached hydrogens (tertiary/aromatic N) is 1. The van der Waals surface area contributed by atoms with Crippen LogP contribution in [0, 0.1) is 16.7 Å². The molecular formula is C17H30NO2+. The summed E-state index contributed by atoms with van der Waals surface area (Å²) in [7, 11) is 4.07. The Morgan fingerprint density at radius 2 is 2.05 bits per heavy atom. The third-order valence-electron chi connectivity index (χ3n) is 6.17. The van der Waals surface area contributed by atoms with Crippen LogP contribution in [0.1, 0.15) is 40.0 Å². The zero-order chi connectivity index (χ0) is 15.2. The van der Waals surface area contributed by atoms with Crippen LogP contribution < -0.4 is 0 Å². The summed E-state index contributed by atoms with van der Waals surface area (Å²) in [5.74, 6) is 0.646. The zero-order valence-electron chi connectivity index (χ0n) is 13.7. The standard InChI is InChI=1S/C17H30NO2/c1-7-10-18(5,6)12-15(19)20-14-11-13-8-9-17(14,4)16(13,2)3/h7,13-14H,1,8-12H2,2-6H3/q+1/t13-,14+,17-/m1/s1. The lowest BCUT2D eigenvalue weighted by atomic mass is 9.70. The Morgan fingerprint density at radius 1 is 1.40 bits per heavy atom. The molecule has 114 valence electrons. The summed E-state index contributed by atoms with van der Waals surface area (Å²) < 4.78 is 6.49. The van der Waals surface area contributed by atoms with Gasteiger partial charge in [0.25, 0.3) is 0 Å². The summed E-state index contributed by atoms with van der Waals surface area (Å²) in [5, 5.41) is 0. The van der Waals surface area contributed by atoms with Crippen molar-refractivity contribution in [3.05, 3.63) is 12.7 Å². The Morgan fingerprint density at radius 3 is 2.50 bits per heavy atom. The normalized spacial score (nSPS) is 35.0. The number of carbonyl (C=O) groups excluding carboxylic acids is 1. The summed E-state index contributed by atoms with van der Waals surface area (Å²) in [6.07, 6.45) is 5.48. The molecule has 0 N–H and O–H groups in total. The summed E-state index contributed by atoms with van der Waals surface area (Å²) in [5.41, 5.74) is 0.451. The molecule has 0 saturated heterocycles. The fraction of sp³-hybridized carbons (Fsp3) is 0.824. The van der Waals surface area contributed by atoms with Gasteiger partial charge in [0.05, 0.1) is 20.6 Å². The maximum absolute atomic E-state index is 12.2. The van der Waals surface area contributed by atoms with Gasteiger partial charge in [0.1, 0.15) is 6.10 Å². The number of quaternary nitrogens is 1. The number of rotatable bonds is 5. The molecule has 0 amide bonds. The maximum Gasteiger partial charge on any atom is 0.362 e. The predicted molar refractivity (Wildman–Crippen MR) is 81.1 cm³/mol. The molecule has 20 heavy (non-hydrogen) atoms. The van der Waals surface area contributed by atoms with Gasteiger partial charge in [0.15, 0.2) is 6.54 Å².